The third-order valence-electron chi connectivity index (χ3n) is 4.97. The van der Waals surface area contributed by atoms with Gasteiger partial charge in [0.15, 0.2) is 5.66 Å². The lowest BCUT2D eigenvalue weighted by Crippen LogP contribution is -2.44. The number of benzene rings is 1. The number of carbonyl (C=O) groups is 2. The molecule has 2 aliphatic rings. The average molecular weight is 339 g/mol. The second-order valence-electron chi connectivity index (χ2n) is 6.61. The third-order valence-corrected chi connectivity index (χ3v) is 4.97. The second-order valence-corrected chi connectivity index (χ2v) is 6.61. The van der Waals surface area contributed by atoms with E-state index in [9.17, 15) is 14.7 Å². The summed E-state index contributed by atoms with van der Waals surface area (Å²) in [5, 5.41) is 20.3. The van der Waals surface area contributed by atoms with Crippen molar-refractivity contribution in [3.8, 4) is 12.3 Å². The molecule has 0 spiro atoms. The third kappa shape index (κ3) is 3.87. The van der Waals surface area contributed by atoms with Gasteiger partial charge in [0.25, 0.3) is 0 Å². The minimum Gasteiger partial charge on any atom is -0.480 e. The standard InChI is InChI=1S/C19H21N3O3/c1-2-3-11-19(21-22-19)12-10-16(23)20-17(18(24)25)15-9-8-13-6-4-5-7-14(13)15/h1,4-7,15,17H,3,8-12H2,(H,20,23)(H,24,25). The lowest BCUT2D eigenvalue weighted by atomic mass is 9.92. The molecule has 6 nitrogen and oxygen atoms in total. The number of rotatable bonds is 8. The Morgan fingerprint density at radius 3 is 2.80 bits per heavy atom. The molecular formula is C19H21N3O3. The van der Waals surface area contributed by atoms with Gasteiger partial charge in [-0.2, -0.15) is 10.2 Å². The number of aryl methyl sites for hydroxylation is 1. The number of amides is 1. The fourth-order valence-electron chi connectivity index (χ4n) is 3.50. The normalized spacial score (nSPS) is 20.4. The molecule has 6 heteroatoms. The zero-order valence-corrected chi connectivity index (χ0v) is 13.9. The molecule has 0 fully saturated rings. The van der Waals surface area contributed by atoms with Crippen molar-refractivity contribution in [3.63, 3.8) is 0 Å². The average Bonchev–Trinajstić information content (AvgIpc) is 3.26. The maximum atomic E-state index is 12.3. The number of nitrogens with one attached hydrogen (secondary N) is 1. The van der Waals surface area contributed by atoms with Gasteiger partial charge in [0.05, 0.1) is 0 Å². The van der Waals surface area contributed by atoms with Crippen LogP contribution in [0.15, 0.2) is 34.5 Å². The Morgan fingerprint density at radius 2 is 2.12 bits per heavy atom. The molecule has 3 rings (SSSR count). The molecule has 25 heavy (non-hydrogen) atoms. The van der Waals surface area contributed by atoms with E-state index in [1.54, 1.807) is 0 Å². The maximum Gasteiger partial charge on any atom is 0.326 e. The first kappa shape index (κ1) is 17.2. The van der Waals surface area contributed by atoms with Crippen LogP contribution >= 0.6 is 0 Å². The Morgan fingerprint density at radius 1 is 1.36 bits per heavy atom. The molecule has 2 N–H and O–H groups in total. The van der Waals surface area contributed by atoms with E-state index in [1.807, 2.05) is 24.3 Å². The molecule has 0 radical (unpaired) electrons. The minimum atomic E-state index is -1.00. The van der Waals surface area contributed by atoms with E-state index >= 15 is 0 Å². The topological polar surface area (TPSA) is 91.1 Å². The summed E-state index contributed by atoms with van der Waals surface area (Å²) >= 11 is 0. The van der Waals surface area contributed by atoms with Crippen molar-refractivity contribution >= 4 is 11.9 Å². The van der Waals surface area contributed by atoms with Crippen molar-refractivity contribution in [2.24, 2.45) is 10.2 Å². The molecule has 0 saturated carbocycles. The lowest BCUT2D eigenvalue weighted by molar-refractivity contribution is -0.142. The number of nitrogens with zero attached hydrogens (tertiary/aromatic N) is 2. The molecule has 1 aliphatic heterocycles. The smallest absolute Gasteiger partial charge is 0.326 e. The van der Waals surface area contributed by atoms with Gasteiger partial charge < -0.3 is 10.4 Å². The van der Waals surface area contributed by atoms with E-state index in [1.165, 1.54) is 0 Å². The zero-order valence-electron chi connectivity index (χ0n) is 13.9. The highest BCUT2D eigenvalue weighted by atomic mass is 16.4. The van der Waals surface area contributed by atoms with E-state index in [-0.39, 0.29) is 18.2 Å². The monoisotopic (exact) mass is 339 g/mol. The first-order chi connectivity index (χ1) is 12.0. The van der Waals surface area contributed by atoms with Crippen LogP contribution in [-0.4, -0.2) is 28.7 Å². The number of hydrogen-bond donors (Lipinski definition) is 2. The Bertz CT molecular complexity index is 745. The summed E-state index contributed by atoms with van der Waals surface area (Å²) < 4.78 is 0. The van der Waals surface area contributed by atoms with E-state index in [4.69, 9.17) is 6.42 Å². The number of aliphatic carboxylic acids is 1. The van der Waals surface area contributed by atoms with Crippen LogP contribution in [0.1, 0.15) is 49.1 Å². The highest BCUT2D eigenvalue weighted by molar-refractivity contribution is 5.84. The predicted molar refractivity (Wildman–Crippen MR) is 92.0 cm³/mol. The van der Waals surface area contributed by atoms with E-state index in [2.05, 4.69) is 21.5 Å². The molecule has 130 valence electrons. The van der Waals surface area contributed by atoms with Gasteiger partial charge >= 0.3 is 5.97 Å². The van der Waals surface area contributed by atoms with Crippen molar-refractivity contribution in [2.45, 2.75) is 56.1 Å². The number of carbonyl (C=O) groups excluding carboxylic acids is 1. The zero-order chi connectivity index (χ0) is 17.9. The molecule has 1 aliphatic carbocycles. The van der Waals surface area contributed by atoms with Gasteiger partial charge in [0.2, 0.25) is 5.91 Å². The van der Waals surface area contributed by atoms with Gasteiger partial charge in [0.1, 0.15) is 6.04 Å². The minimum absolute atomic E-state index is 0.190. The van der Waals surface area contributed by atoms with Gasteiger partial charge in [0, 0.05) is 31.6 Å². The summed E-state index contributed by atoms with van der Waals surface area (Å²) in [6, 6.07) is 6.91. The van der Waals surface area contributed by atoms with Gasteiger partial charge in [-0.3, -0.25) is 4.79 Å². The van der Waals surface area contributed by atoms with Gasteiger partial charge in [-0.05, 0) is 24.0 Å². The molecule has 1 heterocycles. The van der Waals surface area contributed by atoms with Crippen LogP contribution in [0, 0.1) is 12.3 Å². The fraction of sp³-hybridized carbons (Fsp3) is 0.474. The summed E-state index contributed by atoms with van der Waals surface area (Å²) in [4.78, 5) is 24.0. The highest BCUT2D eigenvalue weighted by Gasteiger charge is 2.40. The quantitative estimate of drug-likeness (QED) is 0.713. The number of carboxylic acid groups (broad SMARTS) is 1. The molecular weight excluding hydrogens is 318 g/mol. The largest absolute Gasteiger partial charge is 0.480 e. The molecule has 2 atom stereocenters. The Balaban J connectivity index is 1.59. The van der Waals surface area contributed by atoms with Crippen LogP contribution < -0.4 is 5.32 Å². The Hall–Kier alpha value is -2.68. The molecule has 1 aromatic carbocycles. The van der Waals surface area contributed by atoms with Crippen LogP contribution in [-0.2, 0) is 16.0 Å². The first-order valence-corrected chi connectivity index (χ1v) is 8.52. The number of fused-ring (bicyclic) bond motifs is 1. The van der Waals surface area contributed by atoms with Crippen LogP contribution in [0.5, 0.6) is 0 Å². The summed E-state index contributed by atoms with van der Waals surface area (Å²) in [6.45, 7) is 0. The number of hydrogen-bond acceptors (Lipinski definition) is 4. The number of terminal acetylenes is 1. The summed E-state index contributed by atoms with van der Waals surface area (Å²) in [5.74, 6) is 1.07. The van der Waals surface area contributed by atoms with Crippen molar-refractivity contribution in [1.82, 2.24) is 5.32 Å². The molecule has 0 aromatic heterocycles. The molecule has 1 aromatic rings. The summed E-state index contributed by atoms with van der Waals surface area (Å²) in [7, 11) is 0. The van der Waals surface area contributed by atoms with Crippen LogP contribution in [0.3, 0.4) is 0 Å². The first-order valence-electron chi connectivity index (χ1n) is 8.52. The lowest BCUT2D eigenvalue weighted by Gasteiger charge is -2.22. The second kappa shape index (κ2) is 7.06. The van der Waals surface area contributed by atoms with Gasteiger partial charge in [-0.15, -0.1) is 12.3 Å². The Labute approximate surface area is 146 Å². The van der Waals surface area contributed by atoms with Crippen molar-refractivity contribution in [3.05, 3.63) is 35.4 Å². The van der Waals surface area contributed by atoms with Gasteiger partial charge in [-0.25, -0.2) is 4.79 Å². The molecule has 2 unspecified atom stereocenters. The molecule has 0 bridgehead atoms. The van der Waals surface area contributed by atoms with Crippen LogP contribution in [0.2, 0.25) is 0 Å². The van der Waals surface area contributed by atoms with E-state index < -0.39 is 17.7 Å². The van der Waals surface area contributed by atoms with Crippen molar-refractivity contribution < 1.29 is 14.7 Å². The summed E-state index contributed by atoms with van der Waals surface area (Å²) in [6.07, 6.45) is 8.67. The van der Waals surface area contributed by atoms with Crippen LogP contribution in [0.25, 0.3) is 0 Å². The van der Waals surface area contributed by atoms with E-state index in [0.29, 0.717) is 19.3 Å². The molecule has 1 amide bonds. The fourth-order valence-corrected chi connectivity index (χ4v) is 3.50. The van der Waals surface area contributed by atoms with Crippen LogP contribution in [0.4, 0.5) is 0 Å². The van der Waals surface area contributed by atoms with Crippen molar-refractivity contribution in [1.29, 1.82) is 0 Å². The number of carboxylic acids is 1. The predicted octanol–water partition coefficient (Wildman–Crippen LogP) is 2.64. The van der Waals surface area contributed by atoms with E-state index in [0.717, 1.165) is 24.0 Å². The van der Waals surface area contributed by atoms with Gasteiger partial charge in [-0.1, -0.05) is 24.3 Å². The SMILES string of the molecule is C#CCCC1(CCC(=O)NC(C(=O)O)C2CCc3ccccc32)N=N1. The van der Waals surface area contributed by atoms with Crippen molar-refractivity contribution in [2.75, 3.05) is 0 Å². The molecule has 0 saturated heterocycles. The maximum absolute atomic E-state index is 12.3. The Kier molecular flexibility index (Phi) is 4.84. The highest BCUT2D eigenvalue weighted by Crippen LogP contribution is 2.38. The summed E-state index contributed by atoms with van der Waals surface area (Å²) in [5.41, 5.74) is 1.66.